The van der Waals surface area contributed by atoms with Crippen molar-refractivity contribution in [3.63, 3.8) is 0 Å². The van der Waals surface area contributed by atoms with Crippen LogP contribution in [0.15, 0.2) is 6.33 Å². The van der Waals surface area contributed by atoms with Gasteiger partial charge in [-0.25, -0.2) is 23.8 Å². The van der Waals surface area contributed by atoms with Gasteiger partial charge in [0.15, 0.2) is 18.1 Å². The van der Waals surface area contributed by atoms with Crippen LogP contribution in [-0.4, -0.2) is 88.9 Å². The lowest BCUT2D eigenvalue weighted by molar-refractivity contribution is -0.143. The number of aliphatic hydroxyl groups is 1. The Morgan fingerprint density at radius 1 is 1.37 bits per heavy atom. The number of hydrogen-bond donors (Lipinski definition) is 3. The maximum atomic E-state index is 16.0. The van der Waals surface area contributed by atoms with E-state index in [4.69, 9.17) is 35.9 Å². The summed E-state index contributed by atoms with van der Waals surface area (Å²) >= 11 is 5.84. The Hall–Kier alpha value is -2.46. The van der Waals surface area contributed by atoms with Gasteiger partial charge in [-0.15, -0.1) is 0 Å². The molecule has 0 spiro atoms. The molecule has 1 saturated heterocycles. The highest BCUT2D eigenvalue weighted by Gasteiger charge is 2.53. The number of methoxy groups -OCH3 is 2. The van der Waals surface area contributed by atoms with Gasteiger partial charge in [-0.2, -0.15) is 9.97 Å². The summed E-state index contributed by atoms with van der Waals surface area (Å²) < 4.78 is 55.6. The van der Waals surface area contributed by atoms with Crippen molar-refractivity contribution in [2.45, 2.75) is 44.3 Å². The van der Waals surface area contributed by atoms with Gasteiger partial charge in [0.1, 0.15) is 30.4 Å². The molecule has 3 heterocycles. The van der Waals surface area contributed by atoms with Crippen molar-refractivity contribution >= 4 is 48.3 Å². The van der Waals surface area contributed by atoms with Crippen molar-refractivity contribution in [1.29, 1.82) is 0 Å². The Morgan fingerprint density at radius 3 is 2.71 bits per heavy atom. The van der Waals surface area contributed by atoms with E-state index < -0.39 is 63.5 Å². The third-order valence-electron chi connectivity index (χ3n) is 5.60. The van der Waals surface area contributed by atoms with Crippen LogP contribution < -0.4 is 10.8 Å². The molecule has 212 valence electrons. The van der Waals surface area contributed by atoms with Gasteiger partial charge in [-0.3, -0.25) is 18.4 Å². The first-order valence-corrected chi connectivity index (χ1v) is 13.2. The molecule has 18 heteroatoms. The van der Waals surface area contributed by atoms with Gasteiger partial charge in [0.2, 0.25) is 11.1 Å². The van der Waals surface area contributed by atoms with E-state index in [-0.39, 0.29) is 34.6 Å². The number of nitrogens with one attached hydrogen (secondary N) is 1. The fraction of sp³-hybridized carbons (Fsp3) is 0.650. The first-order valence-electron chi connectivity index (χ1n) is 11.3. The topological polar surface area (TPSA) is 199 Å². The number of nitrogens with two attached hydrogens (primary N) is 1. The highest BCUT2D eigenvalue weighted by Crippen LogP contribution is 2.46. The number of nitrogen functional groups attached to an aromatic ring is 1. The molecule has 0 radical (unpaired) electrons. The standard InChI is InChI=1S/C20H29ClFN6O9P/c1-10(2)5-11(18(31)34-4)27-38(32,37-7-13(29)33-3)36-6-12-15(30)20(22,8-35-12)28-9-24-14-16(23)25-19(21)26-17(14)28/h9-12,15,30H,5-8H2,1-4H3,(H,27,32)(H2,23,25,26)/t11-,12+,15?,20?,38?/m0/s1. The van der Waals surface area contributed by atoms with E-state index in [0.717, 1.165) is 25.1 Å². The van der Waals surface area contributed by atoms with E-state index in [0.29, 0.717) is 0 Å². The minimum atomic E-state index is -4.44. The number of carbonyl (C=O) groups excluding carboxylic acids is 2. The Bertz CT molecular complexity index is 1220. The van der Waals surface area contributed by atoms with Crippen molar-refractivity contribution < 1.29 is 46.9 Å². The first-order chi connectivity index (χ1) is 17.8. The van der Waals surface area contributed by atoms with E-state index in [1.54, 1.807) is 0 Å². The number of fused-ring (bicyclic) bond motifs is 1. The average molecular weight is 583 g/mol. The highest BCUT2D eigenvalue weighted by atomic mass is 35.5. The summed E-state index contributed by atoms with van der Waals surface area (Å²) in [7, 11) is -2.20. The second-order valence-electron chi connectivity index (χ2n) is 8.75. The van der Waals surface area contributed by atoms with Crippen LogP contribution >= 0.6 is 19.3 Å². The van der Waals surface area contributed by atoms with Crippen molar-refractivity contribution in [3.8, 4) is 0 Å². The van der Waals surface area contributed by atoms with Gasteiger partial charge in [0.25, 0.3) is 0 Å². The molecule has 3 rings (SSSR count). The van der Waals surface area contributed by atoms with Crippen LogP contribution in [0.2, 0.25) is 5.28 Å². The molecule has 15 nitrogen and oxygen atoms in total. The van der Waals surface area contributed by atoms with Gasteiger partial charge in [0, 0.05) is 0 Å². The smallest absolute Gasteiger partial charge is 0.406 e. The van der Waals surface area contributed by atoms with Crippen LogP contribution in [-0.2, 0) is 43.2 Å². The number of esters is 2. The molecule has 38 heavy (non-hydrogen) atoms. The zero-order chi connectivity index (χ0) is 28.3. The molecule has 0 saturated carbocycles. The monoisotopic (exact) mass is 582 g/mol. The highest BCUT2D eigenvalue weighted by molar-refractivity contribution is 7.51. The molecule has 1 aliphatic heterocycles. The molecule has 0 bridgehead atoms. The number of aromatic nitrogens is 4. The van der Waals surface area contributed by atoms with E-state index >= 15 is 4.39 Å². The van der Waals surface area contributed by atoms with Gasteiger partial charge >= 0.3 is 19.7 Å². The Labute approximate surface area is 221 Å². The number of anilines is 1. The Morgan fingerprint density at radius 2 is 2.08 bits per heavy atom. The number of rotatable bonds is 12. The lowest BCUT2D eigenvalue weighted by Gasteiger charge is -2.27. The number of aliphatic hydroxyl groups excluding tert-OH is 1. The van der Waals surface area contributed by atoms with Gasteiger partial charge < -0.3 is 25.1 Å². The van der Waals surface area contributed by atoms with Crippen molar-refractivity contribution in [2.75, 3.05) is 39.8 Å². The van der Waals surface area contributed by atoms with Crippen LogP contribution in [0.4, 0.5) is 10.2 Å². The molecule has 0 aliphatic carbocycles. The lowest BCUT2D eigenvalue weighted by atomic mass is 10.1. The second kappa shape index (κ2) is 12.2. The van der Waals surface area contributed by atoms with Crippen LogP contribution in [0.25, 0.3) is 11.2 Å². The van der Waals surface area contributed by atoms with Crippen molar-refractivity contribution in [3.05, 3.63) is 11.6 Å². The van der Waals surface area contributed by atoms with E-state index in [1.807, 2.05) is 13.8 Å². The quantitative estimate of drug-likeness (QED) is 0.181. The minimum absolute atomic E-state index is 0.0378. The van der Waals surface area contributed by atoms with Crippen LogP contribution in [0, 0.1) is 5.92 Å². The van der Waals surface area contributed by atoms with E-state index in [9.17, 15) is 19.3 Å². The zero-order valence-electron chi connectivity index (χ0n) is 21.0. The number of nitrogens with zero attached hydrogens (tertiary/aromatic N) is 4. The molecule has 2 aromatic rings. The largest absolute Gasteiger partial charge is 0.468 e. The fourth-order valence-electron chi connectivity index (χ4n) is 3.69. The summed E-state index contributed by atoms with van der Waals surface area (Å²) in [6.45, 7) is 1.49. The normalized spacial score (nSPS) is 23.9. The number of carbonyl (C=O) groups is 2. The predicted molar refractivity (Wildman–Crippen MR) is 129 cm³/mol. The molecule has 1 fully saturated rings. The van der Waals surface area contributed by atoms with Crippen molar-refractivity contribution in [2.24, 2.45) is 5.92 Å². The van der Waals surface area contributed by atoms with Crippen molar-refractivity contribution in [1.82, 2.24) is 24.6 Å². The third kappa shape index (κ3) is 6.57. The molecular weight excluding hydrogens is 554 g/mol. The summed E-state index contributed by atoms with van der Waals surface area (Å²) in [5.74, 6) is -4.35. The molecule has 4 N–H and O–H groups in total. The first kappa shape index (κ1) is 30.1. The van der Waals surface area contributed by atoms with Crippen LogP contribution in [0.3, 0.4) is 0 Å². The summed E-state index contributed by atoms with van der Waals surface area (Å²) in [5, 5.41) is 13.0. The lowest BCUT2D eigenvalue weighted by Crippen LogP contribution is -2.44. The van der Waals surface area contributed by atoms with Gasteiger partial charge in [-0.05, 0) is 23.9 Å². The SMILES string of the molecule is COC(=O)COP(=O)(N[C@@H](CC(C)C)C(=O)OC)OC[C@H]1OCC(F)(n2cnc3c(N)nc(Cl)nc32)C1O. The van der Waals surface area contributed by atoms with Gasteiger partial charge in [-0.1, -0.05) is 13.8 Å². The third-order valence-corrected chi connectivity index (χ3v) is 7.35. The zero-order valence-corrected chi connectivity index (χ0v) is 22.6. The maximum absolute atomic E-state index is 16.0. The van der Waals surface area contributed by atoms with Crippen LogP contribution in [0.1, 0.15) is 20.3 Å². The minimum Gasteiger partial charge on any atom is -0.468 e. The summed E-state index contributed by atoms with van der Waals surface area (Å²) in [4.78, 5) is 35.5. The number of hydrogen-bond acceptors (Lipinski definition) is 13. The average Bonchev–Trinajstić information content (AvgIpc) is 3.42. The van der Waals surface area contributed by atoms with Crippen LogP contribution in [0.5, 0.6) is 0 Å². The second-order valence-corrected chi connectivity index (χ2v) is 10.9. The number of halogens is 2. The van der Waals surface area contributed by atoms with Gasteiger partial charge in [0.05, 0.1) is 27.2 Å². The maximum Gasteiger partial charge on any atom is 0.406 e. The molecule has 1 aliphatic rings. The predicted octanol–water partition coefficient (Wildman–Crippen LogP) is 0.936. The molecule has 3 unspecified atom stereocenters. The molecule has 5 atom stereocenters. The summed E-state index contributed by atoms with van der Waals surface area (Å²) in [6, 6.07) is -1.13. The molecule has 0 amide bonds. The summed E-state index contributed by atoms with van der Waals surface area (Å²) in [5.41, 5.74) is 5.74. The molecular formula is C20H29ClFN6O9P. The van der Waals surface area contributed by atoms with E-state index in [2.05, 4.69) is 24.8 Å². The number of ether oxygens (including phenoxy) is 3. The van der Waals surface area contributed by atoms with E-state index in [1.165, 1.54) is 0 Å². The number of imidazole rings is 1. The fourth-order valence-corrected chi connectivity index (χ4v) is 5.29. The molecule has 2 aromatic heterocycles. The summed E-state index contributed by atoms with van der Waals surface area (Å²) in [6.07, 6.45) is -2.01. The Balaban J connectivity index is 1.80. The number of alkyl halides is 1. The molecule has 0 aromatic carbocycles. The Kier molecular flexibility index (Phi) is 9.62.